The van der Waals surface area contributed by atoms with E-state index in [0.717, 1.165) is 30.9 Å². The average Bonchev–Trinajstić information content (AvgIpc) is 2.97. The highest BCUT2D eigenvalue weighted by atomic mass is 16.2. The van der Waals surface area contributed by atoms with Crippen molar-refractivity contribution >= 4 is 23.4 Å². The van der Waals surface area contributed by atoms with E-state index in [0.29, 0.717) is 24.6 Å². The van der Waals surface area contributed by atoms with Gasteiger partial charge >= 0.3 is 0 Å². The third-order valence-electron chi connectivity index (χ3n) is 6.52. The number of carbonyl (C=O) groups is 3. The van der Waals surface area contributed by atoms with Gasteiger partial charge in [-0.15, -0.1) is 0 Å². The Hall–Kier alpha value is -2.41. The maximum Gasteiger partial charge on any atom is 0.255 e. The highest BCUT2D eigenvalue weighted by molar-refractivity contribution is 6.05. The Morgan fingerprint density at radius 2 is 1.86 bits per heavy atom. The van der Waals surface area contributed by atoms with Crippen LogP contribution in [0.4, 0.5) is 5.69 Å². The molecule has 3 aliphatic heterocycles. The zero-order valence-electron chi connectivity index (χ0n) is 17.7. The van der Waals surface area contributed by atoms with Crippen LogP contribution in [0, 0.1) is 5.41 Å². The fraction of sp³-hybridized carbons (Fsp3) is 0.591. The van der Waals surface area contributed by atoms with Crippen molar-refractivity contribution in [2.24, 2.45) is 5.41 Å². The minimum Gasteiger partial charge on any atom is -0.369 e. The smallest absolute Gasteiger partial charge is 0.255 e. The number of nitrogens with one attached hydrogen (secondary N) is 1. The lowest BCUT2D eigenvalue weighted by molar-refractivity contribution is -0.136. The summed E-state index contributed by atoms with van der Waals surface area (Å²) in [6.45, 7) is 10.1. The predicted octanol–water partition coefficient (Wildman–Crippen LogP) is 1.61. The van der Waals surface area contributed by atoms with Gasteiger partial charge in [-0.1, -0.05) is 20.8 Å². The molecule has 4 rings (SSSR count). The molecule has 2 fully saturated rings. The van der Waals surface area contributed by atoms with Crippen LogP contribution < -0.4 is 10.2 Å². The van der Waals surface area contributed by atoms with Gasteiger partial charge in [0.15, 0.2) is 0 Å². The molecule has 7 heteroatoms. The molecular formula is C22H30N4O3. The number of piperidine rings is 1. The van der Waals surface area contributed by atoms with Crippen LogP contribution in [0.3, 0.4) is 0 Å². The second-order valence-corrected chi connectivity index (χ2v) is 9.55. The first-order valence-corrected chi connectivity index (χ1v) is 10.4. The first-order valence-electron chi connectivity index (χ1n) is 10.4. The number of likely N-dealkylation sites (N-methyl/N-ethyl adjacent to an activating group) is 1. The third-order valence-corrected chi connectivity index (χ3v) is 6.52. The Morgan fingerprint density at radius 3 is 2.55 bits per heavy atom. The minimum absolute atomic E-state index is 0.119. The number of piperazine rings is 1. The molecule has 0 bridgehead atoms. The summed E-state index contributed by atoms with van der Waals surface area (Å²) in [5, 5.41) is 2.36. The SMILES string of the molecule is CN1CCN(c2ccc3c(c2)CN(C2CCC(=O)NC2=O)C3=O)CC1C(C)(C)C. The molecule has 0 aromatic heterocycles. The van der Waals surface area contributed by atoms with E-state index in [9.17, 15) is 14.4 Å². The zero-order valence-corrected chi connectivity index (χ0v) is 17.7. The molecule has 7 nitrogen and oxygen atoms in total. The van der Waals surface area contributed by atoms with Gasteiger partial charge in [0.25, 0.3) is 5.91 Å². The lowest BCUT2D eigenvalue weighted by Gasteiger charge is -2.46. The number of benzene rings is 1. The van der Waals surface area contributed by atoms with Gasteiger partial charge in [0.2, 0.25) is 11.8 Å². The number of amides is 3. The second-order valence-electron chi connectivity index (χ2n) is 9.55. The van der Waals surface area contributed by atoms with Gasteiger partial charge in [0.05, 0.1) is 0 Å². The standard InChI is InChI=1S/C22H30N4O3/c1-22(2,3)18-13-25(10-9-24(18)4)15-5-6-16-14(11-15)12-26(21(16)29)17-7-8-19(27)23-20(17)28/h5-6,11,17-18H,7-10,12-13H2,1-4H3,(H,23,27,28). The molecule has 1 aromatic carbocycles. The maximum atomic E-state index is 12.9. The number of fused-ring (bicyclic) bond motifs is 1. The summed E-state index contributed by atoms with van der Waals surface area (Å²) in [7, 11) is 2.19. The number of carbonyl (C=O) groups excluding carboxylic acids is 3. The van der Waals surface area contributed by atoms with Crippen LogP contribution in [-0.2, 0) is 16.1 Å². The van der Waals surface area contributed by atoms with Gasteiger partial charge in [0, 0.05) is 49.9 Å². The molecule has 0 spiro atoms. The molecule has 0 saturated carbocycles. The highest BCUT2D eigenvalue weighted by Gasteiger charge is 2.39. The summed E-state index contributed by atoms with van der Waals surface area (Å²) in [6.07, 6.45) is 0.667. The van der Waals surface area contributed by atoms with Crippen LogP contribution in [0.1, 0.15) is 49.5 Å². The van der Waals surface area contributed by atoms with E-state index >= 15 is 0 Å². The Labute approximate surface area is 172 Å². The normalized spacial score (nSPS) is 26.0. The van der Waals surface area contributed by atoms with Crippen molar-refractivity contribution < 1.29 is 14.4 Å². The molecule has 2 atom stereocenters. The fourth-order valence-electron chi connectivity index (χ4n) is 4.80. The largest absolute Gasteiger partial charge is 0.369 e. The van der Waals surface area contributed by atoms with Gasteiger partial charge in [-0.25, -0.2) is 0 Å². The molecule has 1 N–H and O–H groups in total. The van der Waals surface area contributed by atoms with Crippen LogP contribution in [-0.4, -0.2) is 66.3 Å². The van der Waals surface area contributed by atoms with Crippen molar-refractivity contribution in [3.05, 3.63) is 29.3 Å². The summed E-state index contributed by atoms with van der Waals surface area (Å²) in [4.78, 5) is 43.0. The second kappa shape index (κ2) is 7.13. The molecule has 29 heavy (non-hydrogen) atoms. The Balaban J connectivity index is 1.53. The Morgan fingerprint density at radius 1 is 1.10 bits per heavy atom. The number of hydrogen-bond donors (Lipinski definition) is 1. The van der Waals surface area contributed by atoms with Gasteiger partial charge in [-0.05, 0) is 42.6 Å². The van der Waals surface area contributed by atoms with E-state index in [-0.39, 0.29) is 29.6 Å². The van der Waals surface area contributed by atoms with Crippen LogP contribution >= 0.6 is 0 Å². The van der Waals surface area contributed by atoms with Crippen molar-refractivity contribution in [2.75, 3.05) is 31.6 Å². The predicted molar refractivity (Wildman–Crippen MR) is 111 cm³/mol. The number of imide groups is 1. The van der Waals surface area contributed by atoms with Crippen molar-refractivity contribution in [2.45, 2.75) is 52.2 Å². The number of anilines is 1. The molecule has 3 amide bonds. The average molecular weight is 399 g/mol. The minimum atomic E-state index is -0.565. The lowest BCUT2D eigenvalue weighted by Crippen LogP contribution is -2.56. The number of hydrogen-bond acceptors (Lipinski definition) is 5. The van der Waals surface area contributed by atoms with E-state index in [1.54, 1.807) is 4.90 Å². The van der Waals surface area contributed by atoms with Gasteiger partial charge in [-0.2, -0.15) is 0 Å². The van der Waals surface area contributed by atoms with Gasteiger partial charge in [-0.3, -0.25) is 24.6 Å². The summed E-state index contributed by atoms with van der Waals surface area (Å²) in [5.74, 6) is -0.747. The van der Waals surface area contributed by atoms with Crippen LogP contribution in [0.15, 0.2) is 18.2 Å². The molecular weight excluding hydrogens is 368 g/mol. The molecule has 0 radical (unpaired) electrons. The number of rotatable bonds is 2. The molecule has 3 heterocycles. The Bertz CT molecular complexity index is 860. The van der Waals surface area contributed by atoms with Crippen molar-refractivity contribution in [1.29, 1.82) is 0 Å². The quantitative estimate of drug-likeness (QED) is 0.767. The summed E-state index contributed by atoms with van der Waals surface area (Å²) in [6, 6.07) is 5.90. The van der Waals surface area contributed by atoms with E-state index in [1.165, 1.54) is 0 Å². The van der Waals surface area contributed by atoms with Gasteiger partial charge in [0.1, 0.15) is 6.04 Å². The lowest BCUT2D eigenvalue weighted by atomic mass is 9.84. The molecule has 156 valence electrons. The van der Waals surface area contributed by atoms with Gasteiger partial charge < -0.3 is 9.80 Å². The Kier molecular flexibility index (Phi) is 4.89. The maximum absolute atomic E-state index is 12.9. The zero-order chi connectivity index (χ0) is 20.9. The molecule has 3 aliphatic rings. The summed E-state index contributed by atoms with van der Waals surface area (Å²) in [5.41, 5.74) is 2.94. The van der Waals surface area contributed by atoms with E-state index in [1.807, 2.05) is 12.1 Å². The van der Waals surface area contributed by atoms with Crippen LogP contribution in [0.25, 0.3) is 0 Å². The summed E-state index contributed by atoms with van der Waals surface area (Å²) < 4.78 is 0. The summed E-state index contributed by atoms with van der Waals surface area (Å²) >= 11 is 0. The van der Waals surface area contributed by atoms with E-state index in [4.69, 9.17) is 0 Å². The topological polar surface area (TPSA) is 73.0 Å². The first-order chi connectivity index (χ1) is 13.6. The number of nitrogens with zero attached hydrogens (tertiary/aromatic N) is 3. The van der Waals surface area contributed by atoms with Crippen molar-refractivity contribution in [1.82, 2.24) is 15.1 Å². The fourth-order valence-corrected chi connectivity index (χ4v) is 4.80. The monoisotopic (exact) mass is 398 g/mol. The molecule has 2 saturated heterocycles. The molecule has 1 aromatic rings. The van der Waals surface area contributed by atoms with Crippen molar-refractivity contribution in [3.63, 3.8) is 0 Å². The van der Waals surface area contributed by atoms with E-state index < -0.39 is 6.04 Å². The van der Waals surface area contributed by atoms with E-state index in [2.05, 4.69) is 49.0 Å². The van der Waals surface area contributed by atoms with Crippen LogP contribution in [0.2, 0.25) is 0 Å². The first kappa shape index (κ1) is 19.9. The highest BCUT2D eigenvalue weighted by Crippen LogP contribution is 2.33. The molecule has 0 aliphatic carbocycles. The van der Waals surface area contributed by atoms with Crippen molar-refractivity contribution in [3.8, 4) is 0 Å². The molecule has 2 unspecified atom stereocenters. The van der Waals surface area contributed by atoms with Crippen LogP contribution in [0.5, 0.6) is 0 Å². The third kappa shape index (κ3) is 3.64.